The van der Waals surface area contributed by atoms with Crippen molar-refractivity contribution in [2.45, 2.75) is 38.6 Å². The SMILES string of the molecule is CC(=O)N1CCOC(CN2CCC(Cn3cnc(C(F)(F)F)cc3=O)CC2)C1. The summed E-state index contributed by atoms with van der Waals surface area (Å²) in [5.74, 6) is 0.274. The molecule has 3 rings (SSSR count). The number of morpholine rings is 1. The predicted molar refractivity (Wildman–Crippen MR) is 94.7 cm³/mol. The van der Waals surface area contributed by atoms with E-state index in [1.807, 2.05) is 0 Å². The van der Waals surface area contributed by atoms with Crippen molar-refractivity contribution in [1.29, 1.82) is 0 Å². The maximum atomic E-state index is 12.6. The number of halogens is 3. The lowest BCUT2D eigenvalue weighted by Crippen LogP contribution is -2.50. The first-order valence-corrected chi connectivity index (χ1v) is 9.45. The summed E-state index contributed by atoms with van der Waals surface area (Å²) >= 11 is 0. The normalized spacial score (nSPS) is 22.4. The fraction of sp³-hybridized carbons (Fsp3) is 0.722. The molecule has 10 heteroatoms. The molecule has 2 aliphatic rings. The minimum Gasteiger partial charge on any atom is -0.373 e. The second-order valence-electron chi connectivity index (χ2n) is 7.46. The van der Waals surface area contributed by atoms with Gasteiger partial charge in [0.05, 0.1) is 19.0 Å². The first-order chi connectivity index (χ1) is 13.2. The van der Waals surface area contributed by atoms with Crippen LogP contribution in [0.2, 0.25) is 0 Å². The van der Waals surface area contributed by atoms with Gasteiger partial charge in [-0.1, -0.05) is 0 Å². The van der Waals surface area contributed by atoms with Crippen LogP contribution in [0.1, 0.15) is 25.5 Å². The van der Waals surface area contributed by atoms with E-state index in [1.54, 1.807) is 11.8 Å². The Labute approximate surface area is 161 Å². The van der Waals surface area contributed by atoms with E-state index in [0.29, 0.717) is 32.3 Å². The Balaban J connectivity index is 1.48. The van der Waals surface area contributed by atoms with Gasteiger partial charge in [-0.15, -0.1) is 0 Å². The minimum absolute atomic E-state index is 0.00377. The summed E-state index contributed by atoms with van der Waals surface area (Å²) in [6.07, 6.45) is -1.93. The molecule has 1 aromatic heterocycles. The quantitative estimate of drug-likeness (QED) is 0.758. The maximum Gasteiger partial charge on any atom is 0.433 e. The second-order valence-corrected chi connectivity index (χ2v) is 7.46. The molecule has 0 spiro atoms. The van der Waals surface area contributed by atoms with Crippen molar-refractivity contribution in [2.75, 3.05) is 39.3 Å². The third-order valence-corrected chi connectivity index (χ3v) is 5.38. The number of aromatic nitrogens is 2. The van der Waals surface area contributed by atoms with Gasteiger partial charge in [0.2, 0.25) is 5.91 Å². The molecule has 2 aliphatic heterocycles. The molecule has 1 aromatic rings. The minimum atomic E-state index is -4.61. The molecule has 1 atom stereocenters. The van der Waals surface area contributed by atoms with Crippen LogP contribution in [-0.4, -0.2) is 70.7 Å². The zero-order chi connectivity index (χ0) is 20.3. The topological polar surface area (TPSA) is 67.7 Å². The number of alkyl halides is 3. The smallest absolute Gasteiger partial charge is 0.373 e. The summed E-state index contributed by atoms with van der Waals surface area (Å²) in [6.45, 7) is 6.11. The van der Waals surface area contributed by atoms with E-state index in [9.17, 15) is 22.8 Å². The van der Waals surface area contributed by atoms with E-state index in [4.69, 9.17) is 4.74 Å². The first-order valence-electron chi connectivity index (χ1n) is 9.45. The third-order valence-electron chi connectivity index (χ3n) is 5.38. The Kier molecular flexibility index (Phi) is 6.39. The fourth-order valence-corrected chi connectivity index (χ4v) is 3.75. The molecule has 7 nitrogen and oxygen atoms in total. The number of carbonyl (C=O) groups is 1. The Bertz CT molecular complexity index is 744. The highest BCUT2D eigenvalue weighted by atomic mass is 19.4. The van der Waals surface area contributed by atoms with Crippen LogP contribution in [0, 0.1) is 5.92 Å². The van der Waals surface area contributed by atoms with Crippen LogP contribution in [-0.2, 0) is 22.3 Å². The van der Waals surface area contributed by atoms with Crippen LogP contribution in [0.5, 0.6) is 0 Å². The van der Waals surface area contributed by atoms with Crippen molar-refractivity contribution in [3.63, 3.8) is 0 Å². The van der Waals surface area contributed by atoms with Crippen molar-refractivity contribution >= 4 is 5.91 Å². The molecule has 2 fully saturated rings. The van der Waals surface area contributed by atoms with Crippen LogP contribution in [0.25, 0.3) is 0 Å². The van der Waals surface area contributed by atoms with E-state index in [-0.39, 0.29) is 17.9 Å². The van der Waals surface area contributed by atoms with Crippen LogP contribution >= 0.6 is 0 Å². The molecule has 28 heavy (non-hydrogen) atoms. The van der Waals surface area contributed by atoms with Gasteiger partial charge in [0.1, 0.15) is 0 Å². The largest absolute Gasteiger partial charge is 0.433 e. The Morgan fingerprint density at radius 3 is 2.57 bits per heavy atom. The van der Waals surface area contributed by atoms with Gasteiger partial charge in [0, 0.05) is 39.2 Å². The van der Waals surface area contributed by atoms with Crippen molar-refractivity contribution < 1.29 is 22.7 Å². The standard InChI is InChI=1S/C18H25F3N4O3/c1-13(26)24-6-7-28-15(11-24)10-23-4-2-14(3-5-23)9-25-12-22-16(8-17(25)27)18(19,20)21/h8,12,14-15H,2-7,9-11H2,1H3. The summed E-state index contributed by atoms with van der Waals surface area (Å²) in [6, 6.07) is 0.552. The zero-order valence-electron chi connectivity index (χ0n) is 15.8. The van der Waals surface area contributed by atoms with Gasteiger partial charge < -0.3 is 14.5 Å². The van der Waals surface area contributed by atoms with Crippen LogP contribution < -0.4 is 5.56 Å². The number of carbonyl (C=O) groups excluding carboxylic acids is 1. The van der Waals surface area contributed by atoms with E-state index in [2.05, 4.69) is 9.88 Å². The zero-order valence-corrected chi connectivity index (χ0v) is 15.8. The van der Waals surface area contributed by atoms with Gasteiger partial charge in [-0.3, -0.25) is 14.2 Å². The molecule has 0 radical (unpaired) electrons. The highest BCUT2D eigenvalue weighted by Gasteiger charge is 2.33. The van der Waals surface area contributed by atoms with Crippen LogP contribution in [0.4, 0.5) is 13.2 Å². The summed E-state index contributed by atoms with van der Waals surface area (Å²) in [7, 11) is 0. The molecule has 0 aromatic carbocycles. The van der Waals surface area contributed by atoms with E-state index >= 15 is 0 Å². The van der Waals surface area contributed by atoms with Gasteiger partial charge in [-0.05, 0) is 31.8 Å². The lowest BCUT2D eigenvalue weighted by atomic mass is 9.96. The lowest BCUT2D eigenvalue weighted by molar-refractivity contribution is -0.141. The Morgan fingerprint density at radius 2 is 1.96 bits per heavy atom. The van der Waals surface area contributed by atoms with Crippen LogP contribution in [0.3, 0.4) is 0 Å². The number of rotatable bonds is 4. The van der Waals surface area contributed by atoms with Gasteiger partial charge >= 0.3 is 6.18 Å². The summed E-state index contributed by atoms with van der Waals surface area (Å²) in [5, 5.41) is 0. The molecule has 0 saturated carbocycles. The number of hydrogen-bond donors (Lipinski definition) is 0. The molecule has 3 heterocycles. The second kappa shape index (κ2) is 8.60. The van der Waals surface area contributed by atoms with Gasteiger partial charge in [-0.25, -0.2) is 4.98 Å². The van der Waals surface area contributed by atoms with Crippen molar-refractivity contribution in [3.8, 4) is 0 Å². The molecular formula is C18H25F3N4O3. The predicted octanol–water partition coefficient (Wildman–Crippen LogP) is 1.22. The molecule has 0 aliphatic carbocycles. The highest BCUT2D eigenvalue weighted by Crippen LogP contribution is 2.26. The summed E-state index contributed by atoms with van der Waals surface area (Å²) < 4.78 is 44.9. The number of likely N-dealkylation sites (tertiary alicyclic amines) is 1. The monoisotopic (exact) mass is 402 g/mol. The van der Waals surface area contributed by atoms with E-state index in [1.165, 1.54) is 4.57 Å². The van der Waals surface area contributed by atoms with E-state index in [0.717, 1.165) is 38.8 Å². The highest BCUT2D eigenvalue weighted by molar-refractivity contribution is 5.73. The maximum absolute atomic E-state index is 12.6. The van der Waals surface area contributed by atoms with Crippen molar-refractivity contribution in [1.82, 2.24) is 19.4 Å². The molecule has 1 amide bonds. The van der Waals surface area contributed by atoms with Crippen molar-refractivity contribution in [3.05, 3.63) is 28.4 Å². The number of amides is 1. The number of hydrogen-bond acceptors (Lipinski definition) is 5. The summed E-state index contributed by atoms with van der Waals surface area (Å²) in [5.41, 5.74) is -1.83. The third kappa shape index (κ3) is 5.32. The van der Waals surface area contributed by atoms with Crippen LogP contribution in [0.15, 0.2) is 17.2 Å². The Morgan fingerprint density at radius 1 is 1.25 bits per heavy atom. The molecular weight excluding hydrogens is 377 g/mol. The number of nitrogens with zero attached hydrogens (tertiary/aromatic N) is 4. The first kappa shape index (κ1) is 20.8. The number of ether oxygens (including phenoxy) is 1. The molecule has 156 valence electrons. The summed E-state index contributed by atoms with van der Waals surface area (Å²) in [4.78, 5) is 30.9. The van der Waals surface area contributed by atoms with Gasteiger partial charge in [0.15, 0.2) is 5.69 Å². The molecule has 1 unspecified atom stereocenters. The van der Waals surface area contributed by atoms with Gasteiger partial charge in [0.25, 0.3) is 5.56 Å². The Hall–Kier alpha value is -1.94. The average molecular weight is 402 g/mol. The molecule has 0 N–H and O–H groups in total. The number of piperidine rings is 1. The van der Waals surface area contributed by atoms with Gasteiger partial charge in [-0.2, -0.15) is 13.2 Å². The molecule has 0 bridgehead atoms. The fourth-order valence-electron chi connectivity index (χ4n) is 3.75. The lowest BCUT2D eigenvalue weighted by Gasteiger charge is -2.38. The van der Waals surface area contributed by atoms with Crippen molar-refractivity contribution in [2.24, 2.45) is 5.92 Å². The van der Waals surface area contributed by atoms with E-state index < -0.39 is 17.4 Å². The molecule has 2 saturated heterocycles. The average Bonchev–Trinajstić information content (AvgIpc) is 2.64.